The summed E-state index contributed by atoms with van der Waals surface area (Å²) in [6, 6.07) is 7.52. The van der Waals surface area contributed by atoms with Gasteiger partial charge in [-0.3, -0.25) is 9.59 Å². The van der Waals surface area contributed by atoms with E-state index in [2.05, 4.69) is 5.32 Å². The molecule has 1 aliphatic rings. The minimum Gasteiger partial charge on any atom is -0.377 e. The van der Waals surface area contributed by atoms with Crippen LogP contribution >= 0.6 is 0 Å². The first kappa shape index (κ1) is 16.2. The Morgan fingerprint density at radius 3 is 2.32 bits per heavy atom. The zero-order chi connectivity index (χ0) is 16.1. The number of amides is 2. The Balaban J connectivity index is 2.01. The van der Waals surface area contributed by atoms with Gasteiger partial charge in [-0.15, -0.1) is 0 Å². The van der Waals surface area contributed by atoms with Gasteiger partial charge in [0.2, 0.25) is 11.8 Å². The molecule has 2 amide bonds. The molecule has 0 radical (unpaired) electrons. The quantitative estimate of drug-likeness (QED) is 0.872. The molecule has 118 valence electrons. The van der Waals surface area contributed by atoms with E-state index < -0.39 is 0 Å². The van der Waals surface area contributed by atoms with E-state index in [1.54, 1.807) is 12.2 Å². The Kier molecular flexibility index (Phi) is 5.33. The Bertz CT molecular complexity index is 556. The van der Waals surface area contributed by atoms with Gasteiger partial charge in [0.25, 0.3) is 0 Å². The summed E-state index contributed by atoms with van der Waals surface area (Å²) in [6.45, 7) is 6.61. The number of morpholine rings is 1. The van der Waals surface area contributed by atoms with Crippen LogP contribution in [-0.2, 0) is 14.3 Å². The fourth-order valence-corrected chi connectivity index (χ4v) is 2.57. The van der Waals surface area contributed by atoms with Crippen LogP contribution in [0.2, 0.25) is 0 Å². The first-order valence-corrected chi connectivity index (χ1v) is 7.43. The van der Waals surface area contributed by atoms with E-state index >= 15 is 0 Å². The van der Waals surface area contributed by atoms with E-state index in [0.717, 1.165) is 11.3 Å². The van der Waals surface area contributed by atoms with Gasteiger partial charge < -0.3 is 15.0 Å². The molecule has 1 aromatic rings. The van der Waals surface area contributed by atoms with Crippen molar-refractivity contribution in [2.45, 2.75) is 32.9 Å². The molecule has 1 fully saturated rings. The molecule has 22 heavy (non-hydrogen) atoms. The summed E-state index contributed by atoms with van der Waals surface area (Å²) in [7, 11) is 0. The Labute approximate surface area is 130 Å². The van der Waals surface area contributed by atoms with Crippen molar-refractivity contribution in [3.05, 3.63) is 35.9 Å². The van der Waals surface area contributed by atoms with Gasteiger partial charge in [-0.2, -0.15) is 0 Å². The van der Waals surface area contributed by atoms with Crippen LogP contribution in [0.1, 0.15) is 26.3 Å². The van der Waals surface area contributed by atoms with E-state index in [-0.39, 0.29) is 23.9 Å². The van der Waals surface area contributed by atoms with Crippen molar-refractivity contribution < 1.29 is 14.3 Å². The molecule has 0 saturated carbocycles. The molecule has 0 aromatic heterocycles. The highest BCUT2D eigenvalue weighted by Crippen LogP contribution is 2.15. The fourth-order valence-electron chi connectivity index (χ4n) is 2.57. The number of anilines is 1. The van der Waals surface area contributed by atoms with Gasteiger partial charge in [0, 0.05) is 18.7 Å². The molecular formula is C17H22N2O3. The number of hydrogen-bond acceptors (Lipinski definition) is 3. The van der Waals surface area contributed by atoms with E-state index in [1.807, 2.05) is 43.0 Å². The third-order valence-corrected chi connectivity index (χ3v) is 3.57. The second kappa shape index (κ2) is 7.22. The van der Waals surface area contributed by atoms with Crippen molar-refractivity contribution in [3.63, 3.8) is 0 Å². The number of nitrogens with zero attached hydrogens (tertiary/aromatic N) is 1. The van der Waals surface area contributed by atoms with Crippen LogP contribution in [0.5, 0.6) is 0 Å². The van der Waals surface area contributed by atoms with Crippen molar-refractivity contribution >= 4 is 23.6 Å². The Morgan fingerprint density at radius 2 is 1.77 bits per heavy atom. The van der Waals surface area contributed by atoms with Crippen molar-refractivity contribution in [2.24, 2.45) is 0 Å². The van der Waals surface area contributed by atoms with Crippen LogP contribution in [0.25, 0.3) is 6.08 Å². The summed E-state index contributed by atoms with van der Waals surface area (Å²) < 4.78 is 5.43. The highest BCUT2D eigenvalue weighted by atomic mass is 16.5. The SMILES string of the molecule is CC(=O)Nc1ccc(/C=C\C(=O)N2[C@H](C)COC[C@H]2C)cc1. The number of carbonyl (C=O) groups is 2. The van der Waals surface area contributed by atoms with Gasteiger partial charge in [-0.25, -0.2) is 0 Å². The molecule has 5 nitrogen and oxygen atoms in total. The summed E-state index contributed by atoms with van der Waals surface area (Å²) in [5, 5.41) is 2.71. The highest BCUT2D eigenvalue weighted by Gasteiger charge is 2.28. The Hall–Kier alpha value is -2.14. The van der Waals surface area contributed by atoms with Gasteiger partial charge >= 0.3 is 0 Å². The summed E-state index contributed by atoms with van der Waals surface area (Å²) in [5.41, 5.74) is 1.66. The third kappa shape index (κ3) is 4.18. The van der Waals surface area contributed by atoms with Gasteiger partial charge in [-0.1, -0.05) is 12.1 Å². The summed E-state index contributed by atoms with van der Waals surface area (Å²) >= 11 is 0. The van der Waals surface area contributed by atoms with Crippen LogP contribution in [-0.4, -0.2) is 42.0 Å². The molecule has 1 heterocycles. The van der Waals surface area contributed by atoms with Gasteiger partial charge in [0.05, 0.1) is 25.3 Å². The van der Waals surface area contributed by atoms with Crippen LogP contribution in [0.15, 0.2) is 30.3 Å². The van der Waals surface area contributed by atoms with Gasteiger partial charge in [-0.05, 0) is 37.6 Å². The van der Waals surface area contributed by atoms with Gasteiger partial charge in [0.1, 0.15) is 0 Å². The van der Waals surface area contributed by atoms with E-state index in [4.69, 9.17) is 4.74 Å². The van der Waals surface area contributed by atoms with E-state index in [0.29, 0.717) is 13.2 Å². The van der Waals surface area contributed by atoms with Crippen molar-refractivity contribution in [1.29, 1.82) is 0 Å². The monoisotopic (exact) mass is 302 g/mol. The molecule has 0 unspecified atom stereocenters. The zero-order valence-electron chi connectivity index (χ0n) is 13.2. The number of benzene rings is 1. The zero-order valence-corrected chi connectivity index (χ0v) is 13.2. The summed E-state index contributed by atoms with van der Waals surface area (Å²) in [6.07, 6.45) is 3.38. The van der Waals surface area contributed by atoms with Gasteiger partial charge in [0.15, 0.2) is 0 Å². The predicted octanol–water partition coefficient (Wildman–Crippen LogP) is 2.29. The third-order valence-electron chi connectivity index (χ3n) is 3.57. The highest BCUT2D eigenvalue weighted by molar-refractivity contribution is 5.92. The summed E-state index contributed by atoms with van der Waals surface area (Å²) in [4.78, 5) is 25.1. The number of ether oxygens (including phenoxy) is 1. The van der Waals surface area contributed by atoms with Crippen molar-refractivity contribution in [3.8, 4) is 0 Å². The molecule has 0 aliphatic carbocycles. The number of nitrogens with one attached hydrogen (secondary N) is 1. The van der Waals surface area contributed by atoms with Crippen LogP contribution in [0.3, 0.4) is 0 Å². The number of hydrogen-bond donors (Lipinski definition) is 1. The second-order valence-electron chi connectivity index (χ2n) is 5.62. The number of carbonyl (C=O) groups excluding carboxylic acids is 2. The maximum atomic E-state index is 12.3. The van der Waals surface area contributed by atoms with Crippen LogP contribution in [0.4, 0.5) is 5.69 Å². The standard InChI is InChI=1S/C17H22N2O3/c1-12-10-22-11-13(2)19(12)17(21)9-6-15-4-7-16(8-5-15)18-14(3)20/h4-9,12-13H,10-11H2,1-3H3,(H,18,20)/b9-6-/t12-,13-/m1/s1. The van der Waals surface area contributed by atoms with Crippen molar-refractivity contribution in [1.82, 2.24) is 4.90 Å². The van der Waals surface area contributed by atoms with E-state index in [1.165, 1.54) is 6.92 Å². The first-order valence-electron chi connectivity index (χ1n) is 7.43. The summed E-state index contributed by atoms with van der Waals surface area (Å²) in [5.74, 6) is -0.108. The lowest BCUT2D eigenvalue weighted by molar-refractivity contribution is -0.138. The number of rotatable bonds is 3. The fraction of sp³-hybridized carbons (Fsp3) is 0.412. The second-order valence-corrected chi connectivity index (χ2v) is 5.62. The largest absolute Gasteiger partial charge is 0.377 e. The molecule has 1 aromatic carbocycles. The Morgan fingerprint density at radius 1 is 1.18 bits per heavy atom. The molecule has 2 atom stereocenters. The lowest BCUT2D eigenvalue weighted by Gasteiger charge is -2.38. The molecule has 0 bridgehead atoms. The topological polar surface area (TPSA) is 58.6 Å². The minimum absolute atomic E-state index is 0.00534. The first-order chi connectivity index (χ1) is 10.5. The normalized spacial score (nSPS) is 21.9. The van der Waals surface area contributed by atoms with Crippen LogP contribution < -0.4 is 5.32 Å². The average molecular weight is 302 g/mol. The average Bonchev–Trinajstić information content (AvgIpc) is 2.46. The maximum absolute atomic E-state index is 12.3. The smallest absolute Gasteiger partial charge is 0.247 e. The molecule has 5 heteroatoms. The predicted molar refractivity (Wildman–Crippen MR) is 86.4 cm³/mol. The van der Waals surface area contributed by atoms with Crippen LogP contribution in [0, 0.1) is 0 Å². The molecular weight excluding hydrogens is 280 g/mol. The molecule has 1 N–H and O–H groups in total. The lowest BCUT2D eigenvalue weighted by Crippen LogP contribution is -2.51. The molecule has 0 spiro atoms. The molecule has 2 rings (SSSR count). The maximum Gasteiger partial charge on any atom is 0.247 e. The molecule has 1 saturated heterocycles. The molecule has 1 aliphatic heterocycles. The lowest BCUT2D eigenvalue weighted by atomic mass is 10.1. The minimum atomic E-state index is -0.103. The van der Waals surface area contributed by atoms with Crippen molar-refractivity contribution in [2.75, 3.05) is 18.5 Å². The van der Waals surface area contributed by atoms with E-state index in [9.17, 15) is 9.59 Å².